The van der Waals surface area contributed by atoms with Gasteiger partial charge in [-0.2, -0.15) is 0 Å². The number of hydrogen-bond acceptors (Lipinski definition) is 4. The van der Waals surface area contributed by atoms with Crippen LogP contribution in [-0.2, 0) is 0 Å². The lowest BCUT2D eigenvalue weighted by Gasteiger charge is -2.16. The summed E-state index contributed by atoms with van der Waals surface area (Å²) in [6, 6.07) is 9.14. The number of rotatable bonds is 7. The Morgan fingerprint density at radius 2 is 2.10 bits per heavy atom. The maximum Gasteiger partial charge on any atom is 0.124 e. The fourth-order valence-corrected chi connectivity index (χ4v) is 2.51. The summed E-state index contributed by atoms with van der Waals surface area (Å²) in [7, 11) is 1.98. The molecule has 3 N–H and O–H groups in total. The van der Waals surface area contributed by atoms with Crippen molar-refractivity contribution in [1.82, 2.24) is 16.2 Å². The van der Waals surface area contributed by atoms with Crippen LogP contribution in [0.4, 0.5) is 0 Å². The molecular weight excluding hydrogens is 250 g/mol. The van der Waals surface area contributed by atoms with Crippen molar-refractivity contribution in [3.05, 3.63) is 29.8 Å². The summed E-state index contributed by atoms with van der Waals surface area (Å²) >= 11 is 0. The number of nitrogens with one attached hydrogen (secondary N) is 3. The minimum absolute atomic E-state index is 0.323. The molecule has 2 atom stereocenters. The van der Waals surface area contributed by atoms with Gasteiger partial charge in [-0.25, -0.2) is 5.43 Å². The Balaban J connectivity index is 1.97. The lowest BCUT2D eigenvalue weighted by molar-refractivity contribution is 0.284. The Morgan fingerprint density at radius 1 is 1.30 bits per heavy atom. The molecule has 4 nitrogen and oxygen atoms in total. The van der Waals surface area contributed by atoms with Crippen LogP contribution in [0.15, 0.2) is 24.3 Å². The second-order valence-corrected chi connectivity index (χ2v) is 5.90. The Bertz CT molecular complexity index is 408. The fourth-order valence-electron chi connectivity index (χ4n) is 2.51. The molecule has 2 unspecified atom stereocenters. The van der Waals surface area contributed by atoms with Crippen LogP contribution in [0.25, 0.3) is 0 Å². The normalized spacial score (nSPS) is 22.4. The van der Waals surface area contributed by atoms with Crippen molar-refractivity contribution in [3.8, 4) is 5.75 Å². The van der Waals surface area contributed by atoms with Crippen molar-refractivity contribution < 1.29 is 4.74 Å². The molecule has 1 aliphatic rings. The predicted molar refractivity (Wildman–Crippen MR) is 82.7 cm³/mol. The maximum absolute atomic E-state index is 5.97. The summed E-state index contributed by atoms with van der Waals surface area (Å²) in [6.07, 6.45) is 2.17. The second-order valence-electron chi connectivity index (χ2n) is 5.90. The number of hydrogen-bond donors (Lipinski definition) is 3. The van der Waals surface area contributed by atoms with E-state index in [0.29, 0.717) is 18.0 Å². The first-order valence-electron chi connectivity index (χ1n) is 7.58. The van der Waals surface area contributed by atoms with E-state index in [4.69, 9.17) is 4.74 Å². The van der Waals surface area contributed by atoms with Crippen molar-refractivity contribution in [2.75, 3.05) is 20.2 Å². The zero-order valence-corrected chi connectivity index (χ0v) is 12.8. The third-order valence-electron chi connectivity index (χ3n) is 3.68. The summed E-state index contributed by atoms with van der Waals surface area (Å²) in [5.41, 5.74) is 7.97. The van der Waals surface area contributed by atoms with Gasteiger partial charge in [-0.1, -0.05) is 32.0 Å². The van der Waals surface area contributed by atoms with Gasteiger partial charge in [-0.15, -0.1) is 0 Å². The molecule has 0 bridgehead atoms. The highest BCUT2D eigenvalue weighted by molar-refractivity contribution is 5.36. The smallest absolute Gasteiger partial charge is 0.124 e. The van der Waals surface area contributed by atoms with E-state index in [1.165, 1.54) is 5.56 Å². The average Bonchev–Trinajstić information content (AvgIpc) is 2.88. The number of likely N-dealkylation sites (N-methyl/N-ethyl adjacent to an activating group) is 1. The zero-order valence-electron chi connectivity index (χ0n) is 12.8. The molecule has 1 heterocycles. The van der Waals surface area contributed by atoms with Crippen LogP contribution in [0.5, 0.6) is 5.75 Å². The Kier molecular flexibility index (Phi) is 5.83. The molecular formula is C16H27N3O. The van der Waals surface area contributed by atoms with E-state index in [1.54, 1.807) is 0 Å². The van der Waals surface area contributed by atoms with Gasteiger partial charge in [0.05, 0.1) is 12.6 Å². The van der Waals surface area contributed by atoms with Crippen LogP contribution in [0.1, 0.15) is 38.3 Å². The first-order valence-corrected chi connectivity index (χ1v) is 7.58. The van der Waals surface area contributed by atoms with Gasteiger partial charge in [0, 0.05) is 18.2 Å². The van der Waals surface area contributed by atoms with E-state index in [9.17, 15) is 0 Å². The standard InChI is InChI=1S/C16H27N3O/c1-12(2)8-9-20-16-7-5-4-6-14(16)15-10-13(11-17-3)18-19-15/h4-7,12-13,15,17-19H,8-11H2,1-3H3. The molecule has 0 aromatic heterocycles. The van der Waals surface area contributed by atoms with Crippen LogP contribution in [-0.4, -0.2) is 26.2 Å². The number of para-hydroxylation sites is 1. The SMILES string of the molecule is CNCC1CC(c2ccccc2OCCC(C)C)NN1. The molecule has 1 saturated heterocycles. The molecule has 0 spiro atoms. The van der Waals surface area contributed by atoms with Gasteiger partial charge in [-0.3, -0.25) is 5.43 Å². The van der Waals surface area contributed by atoms with Crippen LogP contribution in [0, 0.1) is 5.92 Å². The molecule has 4 heteroatoms. The fraction of sp³-hybridized carbons (Fsp3) is 0.625. The zero-order chi connectivity index (χ0) is 14.4. The first kappa shape index (κ1) is 15.3. The molecule has 1 aliphatic heterocycles. The predicted octanol–water partition coefficient (Wildman–Crippen LogP) is 2.24. The maximum atomic E-state index is 5.97. The average molecular weight is 277 g/mol. The van der Waals surface area contributed by atoms with Gasteiger partial charge in [0.25, 0.3) is 0 Å². The van der Waals surface area contributed by atoms with Crippen LogP contribution < -0.4 is 20.9 Å². The molecule has 1 fully saturated rings. The number of hydrazine groups is 1. The molecule has 2 rings (SSSR count). The third-order valence-corrected chi connectivity index (χ3v) is 3.68. The number of ether oxygens (including phenoxy) is 1. The van der Waals surface area contributed by atoms with Crippen molar-refractivity contribution in [1.29, 1.82) is 0 Å². The number of benzene rings is 1. The van der Waals surface area contributed by atoms with E-state index in [1.807, 2.05) is 13.1 Å². The van der Waals surface area contributed by atoms with Gasteiger partial charge in [-0.05, 0) is 31.9 Å². The summed E-state index contributed by atoms with van der Waals surface area (Å²) in [5.74, 6) is 1.69. The summed E-state index contributed by atoms with van der Waals surface area (Å²) in [6.45, 7) is 6.20. The van der Waals surface area contributed by atoms with Crippen LogP contribution in [0.3, 0.4) is 0 Å². The lowest BCUT2D eigenvalue weighted by atomic mass is 10.0. The van der Waals surface area contributed by atoms with E-state index < -0.39 is 0 Å². The lowest BCUT2D eigenvalue weighted by Crippen LogP contribution is -2.36. The highest BCUT2D eigenvalue weighted by atomic mass is 16.5. The largest absolute Gasteiger partial charge is 0.493 e. The second kappa shape index (κ2) is 7.62. The molecule has 0 saturated carbocycles. The molecule has 0 radical (unpaired) electrons. The highest BCUT2D eigenvalue weighted by Crippen LogP contribution is 2.30. The van der Waals surface area contributed by atoms with Gasteiger partial charge in [0.15, 0.2) is 0 Å². The Morgan fingerprint density at radius 3 is 2.85 bits per heavy atom. The molecule has 20 heavy (non-hydrogen) atoms. The van der Waals surface area contributed by atoms with Gasteiger partial charge in [0.2, 0.25) is 0 Å². The quantitative estimate of drug-likeness (QED) is 0.715. The van der Waals surface area contributed by atoms with Crippen molar-refractivity contribution in [2.24, 2.45) is 5.92 Å². The van der Waals surface area contributed by atoms with Crippen molar-refractivity contribution in [3.63, 3.8) is 0 Å². The van der Waals surface area contributed by atoms with Gasteiger partial charge in [0.1, 0.15) is 5.75 Å². The van der Waals surface area contributed by atoms with Crippen molar-refractivity contribution >= 4 is 0 Å². The molecule has 1 aromatic rings. The topological polar surface area (TPSA) is 45.3 Å². The van der Waals surface area contributed by atoms with Crippen LogP contribution in [0.2, 0.25) is 0 Å². The van der Waals surface area contributed by atoms with E-state index in [2.05, 4.69) is 48.2 Å². The van der Waals surface area contributed by atoms with Crippen molar-refractivity contribution in [2.45, 2.75) is 38.8 Å². The third kappa shape index (κ3) is 4.20. The Labute approximate surface area is 122 Å². The molecule has 1 aromatic carbocycles. The summed E-state index contributed by atoms with van der Waals surface area (Å²) < 4.78 is 5.97. The van der Waals surface area contributed by atoms with E-state index in [-0.39, 0.29) is 0 Å². The molecule has 0 amide bonds. The highest BCUT2D eigenvalue weighted by Gasteiger charge is 2.26. The van der Waals surface area contributed by atoms with E-state index >= 15 is 0 Å². The Hall–Kier alpha value is -1.10. The minimum Gasteiger partial charge on any atom is -0.493 e. The van der Waals surface area contributed by atoms with E-state index in [0.717, 1.165) is 31.7 Å². The molecule has 112 valence electrons. The van der Waals surface area contributed by atoms with Gasteiger partial charge >= 0.3 is 0 Å². The van der Waals surface area contributed by atoms with Crippen LogP contribution >= 0.6 is 0 Å². The van der Waals surface area contributed by atoms with Gasteiger partial charge < -0.3 is 10.1 Å². The summed E-state index contributed by atoms with van der Waals surface area (Å²) in [4.78, 5) is 0. The molecule has 0 aliphatic carbocycles. The summed E-state index contributed by atoms with van der Waals surface area (Å²) in [5, 5.41) is 3.21. The monoisotopic (exact) mass is 277 g/mol. The first-order chi connectivity index (χ1) is 9.70. The minimum atomic E-state index is 0.323.